The lowest BCUT2D eigenvalue weighted by Crippen LogP contribution is -2.26. The Labute approximate surface area is 187 Å². The number of Topliss-reactive ketones (excluding diaryl/α,β-unsaturated/α-hetero) is 1. The van der Waals surface area contributed by atoms with E-state index < -0.39 is 6.09 Å². The average Bonchev–Trinajstić information content (AvgIpc) is 3.15. The third kappa shape index (κ3) is 3.96. The van der Waals surface area contributed by atoms with Crippen molar-refractivity contribution in [1.82, 2.24) is 5.32 Å². The maximum Gasteiger partial charge on any atom is 0.407 e. The average molecular weight is 424 g/mol. The lowest BCUT2D eigenvalue weighted by Gasteiger charge is -2.15. The molecule has 5 rings (SSSR count). The molecule has 0 spiro atoms. The Morgan fingerprint density at radius 2 is 1.66 bits per heavy atom. The Bertz CT molecular complexity index is 1170. The number of hydrogen-bond donors (Lipinski definition) is 1. The van der Waals surface area contributed by atoms with Gasteiger partial charge in [0.1, 0.15) is 6.61 Å². The zero-order valence-electron chi connectivity index (χ0n) is 17.8. The predicted octanol–water partition coefficient (Wildman–Crippen LogP) is 5.76. The highest BCUT2D eigenvalue weighted by Gasteiger charge is 2.28. The van der Waals surface area contributed by atoms with E-state index in [1.165, 1.54) is 22.3 Å². The van der Waals surface area contributed by atoms with E-state index in [0.29, 0.717) is 19.6 Å². The van der Waals surface area contributed by atoms with Crippen molar-refractivity contribution < 1.29 is 14.3 Å². The maximum atomic E-state index is 12.3. The number of hydrogen-bond acceptors (Lipinski definition) is 3. The molecule has 0 atom stereocenters. The van der Waals surface area contributed by atoms with Crippen LogP contribution in [0.3, 0.4) is 0 Å². The van der Waals surface area contributed by atoms with Crippen molar-refractivity contribution >= 4 is 18.0 Å². The van der Waals surface area contributed by atoms with E-state index in [1.54, 1.807) is 0 Å². The highest BCUT2D eigenvalue weighted by molar-refractivity contribution is 5.99. The molecule has 1 N–H and O–H groups in total. The van der Waals surface area contributed by atoms with Gasteiger partial charge in [0, 0.05) is 24.4 Å². The van der Waals surface area contributed by atoms with Crippen LogP contribution < -0.4 is 5.32 Å². The first kappa shape index (κ1) is 20.3. The van der Waals surface area contributed by atoms with Crippen molar-refractivity contribution in [3.8, 4) is 11.1 Å². The zero-order chi connectivity index (χ0) is 21.9. The molecule has 0 bridgehead atoms. The number of carbonyl (C=O) groups excluding carboxylic acids is 2. The first-order chi connectivity index (χ1) is 15.7. The van der Waals surface area contributed by atoms with Crippen molar-refractivity contribution in [2.45, 2.75) is 25.2 Å². The Kier molecular flexibility index (Phi) is 5.59. The molecule has 0 aliphatic heterocycles. The molecule has 4 heteroatoms. The van der Waals surface area contributed by atoms with E-state index in [2.05, 4.69) is 29.6 Å². The molecule has 0 heterocycles. The van der Waals surface area contributed by atoms with E-state index in [0.717, 1.165) is 29.5 Å². The van der Waals surface area contributed by atoms with Gasteiger partial charge in [0.2, 0.25) is 0 Å². The van der Waals surface area contributed by atoms with Gasteiger partial charge in [-0.2, -0.15) is 0 Å². The molecule has 4 nitrogen and oxygen atoms in total. The van der Waals surface area contributed by atoms with Crippen molar-refractivity contribution in [2.24, 2.45) is 0 Å². The van der Waals surface area contributed by atoms with Gasteiger partial charge in [-0.1, -0.05) is 72.8 Å². The molecule has 0 fully saturated rings. The van der Waals surface area contributed by atoms with Crippen LogP contribution in [0.4, 0.5) is 4.79 Å². The van der Waals surface area contributed by atoms with Gasteiger partial charge in [-0.05, 0) is 52.3 Å². The number of rotatable bonds is 5. The standard InChI is InChI=1S/C28H25NO3/c30-27-13-5-8-20-15-14-19(17-25(20)27)7-6-16-29-28(31)32-18-26-23-11-3-1-9-21(23)22-10-2-4-12-24(22)26/h1-4,6-7,9-12,14-15,17,26H,5,8,13,16,18H2,(H,29,31). The van der Waals surface area contributed by atoms with Gasteiger partial charge in [0.15, 0.2) is 5.78 Å². The Morgan fingerprint density at radius 1 is 0.938 bits per heavy atom. The van der Waals surface area contributed by atoms with Gasteiger partial charge < -0.3 is 10.1 Å². The molecular formula is C28H25NO3. The number of aryl methyl sites for hydroxylation is 1. The molecule has 3 aromatic carbocycles. The summed E-state index contributed by atoms with van der Waals surface area (Å²) >= 11 is 0. The van der Waals surface area contributed by atoms with Gasteiger partial charge in [-0.25, -0.2) is 4.79 Å². The fourth-order valence-corrected chi connectivity index (χ4v) is 4.74. The minimum atomic E-state index is -0.433. The number of fused-ring (bicyclic) bond motifs is 4. The van der Waals surface area contributed by atoms with Gasteiger partial charge in [-0.15, -0.1) is 0 Å². The van der Waals surface area contributed by atoms with Crippen molar-refractivity contribution in [3.05, 3.63) is 101 Å². The summed E-state index contributed by atoms with van der Waals surface area (Å²) in [7, 11) is 0. The van der Waals surface area contributed by atoms with Crippen LogP contribution >= 0.6 is 0 Å². The number of benzene rings is 3. The van der Waals surface area contributed by atoms with Crippen LogP contribution in [0.1, 0.15) is 51.4 Å². The highest BCUT2D eigenvalue weighted by atomic mass is 16.5. The van der Waals surface area contributed by atoms with Gasteiger partial charge in [0.05, 0.1) is 0 Å². The fourth-order valence-electron chi connectivity index (χ4n) is 4.74. The van der Waals surface area contributed by atoms with Gasteiger partial charge in [-0.3, -0.25) is 4.79 Å². The van der Waals surface area contributed by atoms with E-state index in [1.807, 2.05) is 54.6 Å². The summed E-state index contributed by atoms with van der Waals surface area (Å²) in [6.45, 7) is 0.665. The molecule has 0 saturated carbocycles. The Hall–Kier alpha value is -3.66. The van der Waals surface area contributed by atoms with E-state index >= 15 is 0 Å². The number of ether oxygens (including phenoxy) is 1. The molecule has 0 aromatic heterocycles. The van der Waals surface area contributed by atoms with Crippen LogP contribution in [0.2, 0.25) is 0 Å². The molecule has 160 valence electrons. The smallest absolute Gasteiger partial charge is 0.407 e. The van der Waals surface area contributed by atoms with E-state index in [4.69, 9.17) is 4.74 Å². The first-order valence-corrected chi connectivity index (χ1v) is 11.1. The molecular weight excluding hydrogens is 398 g/mol. The summed E-state index contributed by atoms with van der Waals surface area (Å²) in [5, 5.41) is 2.78. The van der Waals surface area contributed by atoms with Crippen LogP contribution in [0.25, 0.3) is 17.2 Å². The lowest BCUT2D eigenvalue weighted by atomic mass is 9.89. The SMILES string of the molecule is O=C(NCC=Cc1ccc2c(c1)C(=O)CCC2)OCC1c2ccccc2-c2ccccc21. The van der Waals surface area contributed by atoms with Crippen molar-refractivity contribution in [3.63, 3.8) is 0 Å². The van der Waals surface area contributed by atoms with Crippen LogP contribution in [-0.2, 0) is 11.2 Å². The third-order valence-electron chi connectivity index (χ3n) is 6.30. The summed E-state index contributed by atoms with van der Waals surface area (Å²) in [5.41, 5.74) is 7.75. The van der Waals surface area contributed by atoms with Gasteiger partial charge in [0.25, 0.3) is 0 Å². The van der Waals surface area contributed by atoms with Gasteiger partial charge >= 0.3 is 6.09 Å². The van der Waals surface area contributed by atoms with Crippen LogP contribution in [0.5, 0.6) is 0 Å². The summed E-state index contributed by atoms with van der Waals surface area (Å²) < 4.78 is 5.55. The summed E-state index contributed by atoms with van der Waals surface area (Å²) in [5.74, 6) is 0.273. The summed E-state index contributed by atoms with van der Waals surface area (Å²) in [6.07, 6.45) is 5.89. The fraction of sp³-hybridized carbons (Fsp3) is 0.214. The molecule has 0 saturated heterocycles. The molecule has 1 amide bonds. The molecule has 3 aromatic rings. The number of nitrogens with one attached hydrogen (secondary N) is 1. The molecule has 0 radical (unpaired) electrons. The normalized spacial score (nSPS) is 14.7. The summed E-state index contributed by atoms with van der Waals surface area (Å²) in [4.78, 5) is 24.4. The van der Waals surface area contributed by atoms with Crippen LogP contribution in [0, 0.1) is 0 Å². The first-order valence-electron chi connectivity index (χ1n) is 11.1. The maximum absolute atomic E-state index is 12.3. The Balaban J connectivity index is 1.16. The van der Waals surface area contributed by atoms with E-state index in [-0.39, 0.29) is 11.7 Å². The third-order valence-corrected chi connectivity index (χ3v) is 6.30. The van der Waals surface area contributed by atoms with Crippen molar-refractivity contribution in [2.75, 3.05) is 13.2 Å². The molecule has 2 aliphatic carbocycles. The topological polar surface area (TPSA) is 55.4 Å². The minimum absolute atomic E-state index is 0.0525. The zero-order valence-corrected chi connectivity index (χ0v) is 17.8. The van der Waals surface area contributed by atoms with Crippen LogP contribution in [0.15, 0.2) is 72.8 Å². The van der Waals surface area contributed by atoms with Crippen molar-refractivity contribution in [1.29, 1.82) is 0 Å². The second-order valence-electron chi connectivity index (χ2n) is 8.30. The second kappa shape index (κ2) is 8.83. The highest BCUT2D eigenvalue weighted by Crippen LogP contribution is 2.44. The molecule has 2 aliphatic rings. The quantitative estimate of drug-likeness (QED) is 0.568. The molecule has 0 unspecified atom stereocenters. The number of carbonyl (C=O) groups is 2. The lowest BCUT2D eigenvalue weighted by molar-refractivity contribution is 0.0972. The second-order valence-corrected chi connectivity index (χ2v) is 8.30. The monoisotopic (exact) mass is 423 g/mol. The van der Waals surface area contributed by atoms with Crippen LogP contribution in [-0.4, -0.2) is 25.0 Å². The Morgan fingerprint density at radius 3 is 2.41 bits per heavy atom. The van der Waals surface area contributed by atoms with E-state index in [9.17, 15) is 9.59 Å². The predicted molar refractivity (Wildman–Crippen MR) is 126 cm³/mol. The number of ketones is 1. The molecule has 32 heavy (non-hydrogen) atoms. The number of alkyl carbamates (subject to hydrolysis) is 1. The number of amides is 1. The summed E-state index contributed by atoms with van der Waals surface area (Å²) in [6, 6.07) is 22.6. The largest absolute Gasteiger partial charge is 0.449 e. The minimum Gasteiger partial charge on any atom is -0.449 e.